The molecule has 1 saturated heterocycles. The van der Waals surface area contributed by atoms with Gasteiger partial charge in [-0.1, -0.05) is 32.9 Å². The predicted octanol–water partition coefficient (Wildman–Crippen LogP) is 2.78. The van der Waals surface area contributed by atoms with Crippen LogP contribution in [0.1, 0.15) is 39.3 Å². The highest BCUT2D eigenvalue weighted by molar-refractivity contribution is 5.29. The van der Waals surface area contributed by atoms with Crippen molar-refractivity contribution in [3.8, 4) is 5.75 Å². The van der Waals surface area contributed by atoms with Crippen molar-refractivity contribution >= 4 is 0 Å². The van der Waals surface area contributed by atoms with Crippen LogP contribution in [0.15, 0.2) is 24.3 Å². The summed E-state index contributed by atoms with van der Waals surface area (Å²) in [5.41, 5.74) is 1.17. The van der Waals surface area contributed by atoms with Crippen molar-refractivity contribution in [3.63, 3.8) is 0 Å². The molecule has 1 fully saturated rings. The van der Waals surface area contributed by atoms with E-state index >= 15 is 0 Å². The van der Waals surface area contributed by atoms with E-state index < -0.39 is 0 Å². The van der Waals surface area contributed by atoms with Gasteiger partial charge < -0.3 is 14.7 Å². The highest BCUT2D eigenvalue weighted by Crippen LogP contribution is 2.26. The molecule has 1 N–H and O–H groups in total. The molecule has 1 aliphatic rings. The largest absolute Gasteiger partial charge is 0.493 e. The third kappa shape index (κ3) is 4.93. The van der Waals surface area contributed by atoms with Crippen molar-refractivity contribution in [2.24, 2.45) is 5.92 Å². The summed E-state index contributed by atoms with van der Waals surface area (Å²) in [4.78, 5) is 4.90. The van der Waals surface area contributed by atoms with Gasteiger partial charge in [0.25, 0.3) is 0 Å². The lowest BCUT2D eigenvalue weighted by Crippen LogP contribution is -2.53. The molecule has 0 aromatic heterocycles. The highest BCUT2D eigenvalue weighted by atomic mass is 16.5. The Morgan fingerprint density at radius 3 is 2.43 bits per heavy atom. The first-order valence-electron chi connectivity index (χ1n) is 8.86. The minimum Gasteiger partial charge on any atom is -0.493 e. The summed E-state index contributed by atoms with van der Waals surface area (Å²) >= 11 is 0. The van der Waals surface area contributed by atoms with E-state index in [1.54, 1.807) is 0 Å². The van der Waals surface area contributed by atoms with Crippen LogP contribution in [0.4, 0.5) is 0 Å². The van der Waals surface area contributed by atoms with E-state index in [2.05, 4.69) is 49.6 Å². The van der Waals surface area contributed by atoms with Crippen LogP contribution in [0, 0.1) is 5.92 Å². The number of nitrogens with zero attached hydrogens (tertiary/aromatic N) is 2. The fraction of sp³-hybridized carbons (Fsp3) is 0.684. The van der Waals surface area contributed by atoms with Crippen molar-refractivity contribution < 1.29 is 9.84 Å². The van der Waals surface area contributed by atoms with Crippen molar-refractivity contribution in [1.82, 2.24) is 9.80 Å². The van der Waals surface area contributed by atoms with E-state index in [1.165, 1.54) is 5.56 Å². The molecule has 0 amide bonds. The Morgan fingerprint density at radius 2 is 1.91 bits per heavy atom. The maximum Gasteiger partial charge on any atom is 0.119 e. The molecule has 1 heterocycles. The number of ether oxygens (including phenoxy) is 1. The summed E-state index contributed by atoms with van der Waals surface area (Å²) in [6.45, 7) is 13.9. The van der Waals surface area contributed by atoms with Gasteiger partial charge in [-0.2, -0.15) is 0 Å². The van der Waals surface area contributed by atoms with Crippen LogP contribution in [0.2, 0.25) is 0 Å². The fourth-order valence-electron chi connectivity index (χ4n) is 3.25. The lowest BCUT2D eigenvalue weighted by atomic mass is 10.0. The first-order valence-corrected chi connectivity index (χ1v) is 8.86. The molecule has 130 valence electrons. The zero-order valence-electron chi connectivity index (χ0n) is 15.0. The Bertz CT molecular complexity index is 461. The van der Waals surface area contributed by atoms with E-state index in [4.69, 9.17) is 4.74 Å². The first-order chi connectivity index (χ1) is 11.0. The van der Waals surface area contributed by atoms with E-state index in [1.807, 2.05) is 12.1 Å². The Balaban J connectivity index is 2.03. The molecule has 4 heteroatoms. The number of aliphatic hydroxyl groups is 1. The lowest BCUT2D eigenvalue weighted by molar-refractivity contribution is 0.0271. The second-order valence-corrected chi connectivity index (χ2v) is 6.95. The molecule has 0 aliphatic carbocycles. The van der Waals surface area contributed by atoms with E-state index in [0.29, 0.717) is 12.0 Å². The number of aliphatic hydroxyl groups excluding tert-OH is 1. The van der Waals surface area contributed by atoms with E-state index in [-0.39, 0.29) is 12.6 Å². The van der Waals surface area contributed by atoms with Gasteiger partial charge in [0.05, 0.1) is 19.3 Å². The smallest absolute Gasteiger partial charge is 0.119 e. The molecule has 2 rings (SSSR count). The molecular formula is C19H32N2O2. The zero-order valence-corrected chi connectivity index (χ0v) is 15.0. The summed E-state index contributed by atoms with van der Waals surface area (Å²) in [6, 6.07) is 8.76. The normalized spacial score (nSPS) is 21.6. The summed E-state index contributed by atoms with van der Waals surface area (Å²) in [5.74, 6) is 1.43. The van der Waals surface area contributed by atoms with Crippen LogP contribution in [0.3, 0.4) is 0 Å². The number of piperazine rings is 1. The molecule has 1 aromatic carbocycles. The van der Waals surface area contributed by atoms with Gasteiger partial charge in [-0.05, 0) is 37.1 Å². The van der Waals surface area contributed by atoms with Gasteiger partial charge in [0.1, 0.15) is 5.75 Å². The molecule has 2 atom stereocenters. The number of likely N-dealkylation sites (N-methyl/N-ethyl adjacent to an activating group) is 1. The molecule has 1 aliphatic heterocycles. The molecule has 0 saturated carbocycles. The number of benzene rings is 1. The lowest BCUT2D eigenvalue weighted by Gasteiger charge is -2.43. The van der Waals surface area contributed by atoms with Crippen LogP contribution in [-0.4, -0.2) is 60.3 Å². The van der Waals surface area contributed by atoms with Crippen molar-refractivity contribution in [1.29, 1.82) is 0 Å². The van der Waals surface area contributed by atoms with E-state index in [9.17, 15) is 5.11 Å². The van der Waals surface area contributed by atoms with Crippen LogP contribution < -0.4 is 4.74 Å². The highest BCUT2D eigenvalue weighted by Gasteiger charge is 2.29. The summed E-state index contributed by atoms with van der Waals surface area (Å²) in [7, 11) is 0. The van der Waals surface area contributed by atoms with Gasteiger partial charge in [0.2, 0.25) is 0 Å². The van der Waals surface area contributed by atoms with Crippen LogP contribution >= 0.6 is 0 Å². The minimum atomic E-state index is 0.0724. The summed E-state index contributed by atoms with van der Waals surface area (Å²) in [6.07, 6.45) is 0. The van der Waals surface area contributed by atoms with Gasteiger partial charge in [-0.3, -0.25) is 4.90 Å². The Labute approximate surface area is 141 Å². The monoisotopic (exact) mass is 320 g/mol. The minimum absolute atomic E-state index is 0.0724. The Hall–Kier alpha value is -1.10. The third-order valence-electron chi connectivity index (χ3n) is 4.63. The molecule has 0 bridgehead atoms. The van der Waals surface area contributed by atoms with Gasteiger partial charge in [-0.15, -0.1) is 0 Å². The number of hydrogen-bond donors (Lipinski definition) is 1. The molecule has 23 heavy (non-hydrogen) atoms. The molecular weight excluding hydrogens is 288 g/mol. The first kappa shape index (κ1) is 18.2. The predicted molar refractivity (Wildman–Crippen MR) is 94.9 cm³/mol. The topological polar surface area (TPSA) is 35.9 Å². The second-order valence-electron chi connectivity index (χ2n) is 6.95. The zero-order chi connectivity index (χ0) is 16.8. The molecule has 2 unspecified atom stereocenters. The van der Waals surface area contributed by atoms with Gasteiger partial charge in [-0.25, -0.2) is 0 Å². The van der Waals surface area contributed by atoms with Crippen molar-refractivity contribution in [3.05, 3.63) is 29.8 Å². The van der Waals surface area contributed by atoms with Gasteiger partial charge >= 0.3 is 0 Å². The molecule has 4 nitrogen and oxygen atoms in total. The van der Waals surface area contributed by atoms with Crippen LogP contribution in [0.5, 0.6) is 5.75 Å². The SMILES string of the molecule is CCN1CCN(C(CO)c2ccc(OCC(C)C)cc2)C(C)C1. The Morgan fingerprint density at radius 1 is 1.22 bits per heavy atom. The quantitative estimate of drug-likeness (QED) is 0.838. The second kappa shape index (κ2) is 8.67. The van der Waals surface area contributed by atoms with Crippen LogP contribution in [0.25, 0.3) is 0 Å². The maximum absolute atomic E-state index is 9.93. The molecule has 0 spiro atoms. The fourth-order valence-corrected chi connectivity index (χ4v) is 3.25. The number of hydrogen-bond acceptors (Lipinski definition) is 4. The third-order valence-corrected chi connectivity index (χ3v) is 4.63. The summed E-state index contributed by atoms with van der Waals surface area (Å²) < 4.78 is 5.75. The molecule has 1 aromatic rings. The maximum atomic E-state index is 9.93. The van der Waals surface area contributed by atoms with Gasteiger partial charge in [0, 0.05) is 25.7 Å². The summed E-state index contributed by atoms with van der Waals surface area (Å²) in [5, 5.41) is 9.93. The average molecular weight is 320 g/mol. The van der Waals surface area contributed by atoms with Crippen LogP contribution in [-0.2, 0) is 0 Å². The average Bonchev–Trinajstić information content (AvgIpc) is 2.56. The molecule has 0 radical (unpaired) electrons. The van der Waals surface area contributed by atoms with Crippen molar-refractivity contribution in [2.75, 3.05) is 39.4 Å². The van der Waals surface area contributed by atoms with Gasteiger partial charge in [0.15, 0.2) is 0 Å². The standard InChI is InChI=1S/C19H32N2O2/c1-5-20-10-11-21(16(4)12-20)19(13-22)17-6-8-18(9-7-17)23-14-15(2)3/h6-9,15-16,19,22H,5,10-14H2,1-4H3. The van der Waals surface area contributed by atoms with E-state index in [0.717, 1.165) is 38.5 Å². The van der Waals surface area contributed by atoms with Crippen molar-refractivity contribution in [2.45, 2.75) is 39.8 Å². The number of rotatable bonds is 7. The Kier molecular flexibility index (Phi) is 6.88.